The molecule has 1 saturated carbocycles. The second kappa shape index (κ2) is 4.47. The first kappa shape index (κ1) is 15.8. The highest BCUT2D eigenvalue weighted by molar-refractivity contribution is 5.33. The number of methoxy groups -OCH3 is 1. The Bertz CT molecular complexity index is 454. The van der Waals surface area contributed by atoms with Crippen LogP contribution in [0.1, 0.15) is 54.9 Å². The van der Waals surface area contributed by atoms with Gasteiger partial charge in [0.15, 0.2) is 0 Å². The van der Waals surface area contributed by atoms with Crippen LogP contribution >= 0.6 is 0 Å². The van der Waals surface area contributed by atoms with Crippen LogP contribution in [0.25, 0.3) is 0 Å². The zero-order valence-electron chi connectivity index (χ0n) is 14.6. The summed E-state index contributed by atoms with van der Waals surface area (Å²) in [6.07, 6.45) is 3.85. The average molecular weight is 276 g/mol. The summed E-state index contributed by atoms with van der Waals surface area (Å²) in [6.45, 7) is 21.0. The Hall–Kier alpha value is -0.560. The zero-order valence-corrected chi connectivity index (χ0v) is 14.6. The highest BCUT2D eigenvalue weighted by Gasteiger charge is 2.66. The molecule has 4 atom stereocenters. The van der Waals surface area contributed by atoms with E-state index in [4.69, 9.17) is 4.74 Å². The molecule has 0 amide bonds. The Labute approximate surface area is 125 Å². The van der Waals surface area contributed by atoms with Crippen LogP contribution in [0.3, 0.4) is 0 Å². The first-order valence-electron chi connectivity index (χ1n) is 7.90. The van der Waals surface area contributed by atoms with Crippen molar-refractivity contribution in [3.8, 4) is 0 Å². The Balaban J connectivity index is 2.75. The number of hydrogen-bond donors (Lipinski definition) is 0. The Kier molecular flexibility index (Phi) is 3.53. The summed E-state index contributed by atoms with van der Waals surface area (Å²) in [5.41, 5.74) is 3.36. The number of hydrogen-bond acceptors (Lipinski definition) is 1. The van der Waals surface area contributed by atoms with Gasteiger partial charge in [-0.2, -0.15) is 0 Å². The fraction of sp³-hybridized carbons (Fsp3) is 0.789. The van der Waals surface area contributed by atoms with E-state index in [1.165, 1.54) is 11.1 Å². The van der Waals surface area contributed by atoms with E-state index < -0.39 is 0 Å². The molecule has 1 heteroatoms. The third kappa shape index (κ3) is 1.59. The lowest BCUT2D eigenvalue weighted by atomic mass is 9.37. The summed E-state index contributed by atoms with van der Waals surface area (Å²) in [4.78, 5) is 0. The summed E-state index contributed by atoms with van der Waals surface area (Å²) < 4.78 is 6.02. The molecule has 0 aromatic heterocycles. The lowest BCUT2D eigenvalue weighted by molar-refractivity contribution is -0.194. The Morgan fingerprint density at radius 3 is 2.30 bits per heavy atom. The molecule has 2 bridgehead atoms. The molecule has 0 aromatic rings. The Morgan fingerprint density at radius 1 is 1.30 bits per heavy atom. The number of ether oxygens (including phenoxy) is 1. The van der Waals surface area contributed by atoms with Crippen molar-refractivity contribution >= 4 is 0 Å². The van der Waals surface area contributed by atoms with Crippen molar-refractivity contribution in [2.75, 3.05) is 7.11 Å². The van der Waals surface area contributed by atoms with Crippen LogP contribution in [0.4, 0.5) is 0 Å². The maximum Gasteiger partial charge on any atom is 0.0695 e. The minimum absolute atomic E-state index is 0.156. The maximum absolute atomic E-state index is 6.02. The lowest BCUT2D eigenvalue weighted by Crippen LogP contribution is -2.65. The van der Waals surface area contributed by atoms with Gasteiger partial charge in [0.25, 0.3) is 0 Å². The highest BCUT2D eigenvalue weighted by Crippen LogP contribution is 2.69. The van der Waals surface area contributed by atoms with Crippen molar-refractivity contribution in [1.82, 2.24) is 0 Å². The molecule has 0 aromatic carbocycles. The minimum atomic E-state index is 0.156. The van der Waals surface area contributed by atoms with Crippen LogP contribution in [0.5, 0.6) is 0 Å². The molecule has 0 spiro atoms. The molecular weight excluding hydrogens is 244 g/mol. The van der Waals surface area contributed by atoms with Crippen molar-refractivity contribution in [2.45, 2.75) is 61.0 Å². The second-order valence-electron chi connectivity index (χ2n) is 8.30. The largest absolute Gasteiger partial charge is 0.380 e. The molecule has 1 fully saturated rings. The monoisotopic (exact) mass is 276 g/mol. The topological polar surface area (TPSA) is 9.23 Å². The van der Waals surface area contributed by atoms with Gasteiger partial charge < -0.3 is 4.74 Å². The molecule has 0 heterocycles. The highest BCUT2D eigenvalue weighted by atomic mass is 16.5. The van der Waals surface area contributed by atoms with Crippen molar-refractivity contribution in [2.24, 2.45) is 28.1 Å². The van der Waals surface area contributed by atoms with Crippen molar-refractivity contribution in [3.05, 3.63) is 23.8 Å². The van der Waals surface area contributed by atoms with Gasteiger partial charge in [-0.3, -0.25) is 0 Å². The quantitative estimate of drug-likeness (QED) is 0.627. The molecule has 2 aliphatic rings. The third-order valence-electron chi connectivity index (χ3n) is 7.07. The van der Waals surface area contributed by atoms with E-state index >= 15 is 0 Å². The van der Waals surface area contributed by atoms with Gasteiger partial charge in [0.05, 0.1) is 6.10 Å². The molecule has 0 N–H and O–H groups in total. The van der Waals surface area contributed by atoms with E-state index in [9.17, 15) is 0 Å². The third-order valence-corrected chi connectivity index (χ3v) is 7.07. The van der Waals surface area contributed by atoms with Crippen molar-refractivity contribution < 1.29 is 4.74 Å². The van der Waals surface area contributed by atoms with E-state index in [1.807, 2.05) is 7.11 Å². The molecule has 0 aliphatic heterocycles. The lowest BCUT2D eigenvalue weighted by Gasteiger charge is -2.68. The minimum Gasteiger partial charge on any atom is -0.380 e. The van der Waals surface area contributed by atoms with Crippen LogP contribution in [0, 0.1) is 28.1 Å². The molecule has 0 radical (unpaired) electrons. The van der Waals surface area contributed by atoms with E-state index in [0.717, 1.165) is 6.42 Å². The van der Waals surface area contributed by atoms with Crippen LogP contribution in [-0.2, 0) is 4.74 Å². The normalized spacial score (nSPS) is 42.0. The van der Waals surface area contributed by atoms with Gasteiger partial charge in [0, 0.05) is 18.4 Å². The van der Waals surface area contributed by atoms with Crippen LogP contribution in [0.2, 0.25) is 0 Å². The molecule has 114 valence electrons. The molecule has 20 heavy (non-hydrogen) atoms. The molecule has 3 unspecified atom stereocenters. The molecule has 1 nitrogen and oxygen atoms in total. The van der Waals surface area contributed by atoms with Gasteiger partial charge in [-0.15, -0.1) is 0 Å². The van der Waals surface area contributed by atoms with Gasteiger partial charge in [-0.25, -0.2) is 0 Å². The number of rotatable bonds is 2. The van der Waals surface area contributed by atoms with E-state index in [0.29, 0.717) is 11.8 Å². The van der Waals surface area contributed by atoms with Gasteiger partial charge in [0.1, 0.15) is 0 Å². The summed E-state index contributed by atoms with van der Waals surface area (Å²) in [5, 5.41) is 0. The van der Waals surface area contributed by atoms with Gasteiger partial charge >= 0.3 is 0 Å². The summed E-state index contributed by atoms with van der Waals surface area (Å²) >= 11 is 0. The second-order valence-corrected chi connectivity index (χ2v) is 8.30. The molecular formula is C19H32O. The number of allylic oxidation sites excluding steroid dienone is 2. The fourth-order valence-corrected chi connectivity index (χ4v) is 5.76. The van der Waals surface area contributed by atoms with Crippen LogP contribution in [-0.4, -0.2) is 13.2 Å². The maximum atomic E-state index is 6.02. The smallest absolute Gasteiger partial charge is 0.0695 e. The zero-order chi connectivity index (χ0) is 15.5. The van der Waals surface area contributed by atoms with Crippen LogP contribution < -0.4 is 0 Å². The first-order valence-corrected chi connectivity index (χ1v) is 7.90. The van der Waals surface area contributed by atoms with Gasteiger partial charge in [-0.1, -0.05) is 58.4 Å². The van der Waals surface area contributed by atoms with Gasteiger partial charge in [0.2, 0.25) is 0 Å². The predicted octanol–water partition coefficient (Wildman–Crippen LogP) is 5.23. The van der Waals surface area contributed by atoms with Crippen molar-refractivity contribution in [3.63, 3.8) is 0 Å². The van der Waals surface area contributed by atoms with Crippen molar-refractivity contribution in [1.29, 1.82) is 0 Å². The first-order chi connectivity index (χ1) is 9.05. The molecule has 2 aliphatic carbocycles. The van der Waals surface area contributed by atoms with Crippen LogP contribution in [0.15, 0.2) is 23.8 Å². The summed E-state index contributed by atoms with van der Waals surface area (Å²) in [5.74, 6) is 1.03. The average Bonchev–Trinajstić information content (AvgIpc) is 2.31. The number of fused-ring (bicyclic) bond motifs is 2. The SMILES string of the molecule is C=C(C)C12CC=C(C)C([C@@H](OC)C(C)(C)C1C)C2(C)C. The van der Waals surface area contributed by atoms with E-state index in [-0.39, 0.29) is 22.3 Å². The Morgan fingerprint density at radius 2 is 1.85 bits per heavy atom. The fourth-order valence-electron chi connectivity index (χ4n) is 5.76. The van der Waals surface area contributed by atoms with E-state index in [2.05, 4.69) is 61.1 Å². The standard InChI is InChI=1S/C19H32O/c1-12(2)19-11-10-13(3)15(18(19,7)8)16(20-9)17(5,6)14(19)4/h10,14-16H,1,11H2,2-9H3/t14?,15?,16-,19?/m1/s1. The summed E-state index contributed by atoms with van der Waals surface area (Å²) in [7, 11) is 1.88. The van der Waals surface area contributed by atoms with E-state index in [1.54, 1.807) is 0 Å². The predicted molar refractivity (Wildman–Crippen MR) is 86.6 cm³/mol. The molecule has 2 rings (SSSR count). The van der Waals surface area contributed by atoms with Gasteiger partial charge in [-0.05, 0) is 37.0 Å². The molecule has 0 saturated heterocycles. The summed E-state index contributed by atoms with van der Waals surface area (Å²) in [6, 6.07) is 0.